The van der Waals surface area contributed by atoms with Crippen LogP contribution < -0.4 is 0 Å². The van der Waals surface area contributed by atoms with Crippen LogP contribution in [0.25, 0.3) is 0 Å². The van der Waals surface area contributed by atoms with Gasteiger partial charge in [-0.1, -0.05) is 30.3 Å². The third kappa shape index (κ3) is 3.31. The van der Waals surface area contributed by atoms with Crippen LogP contribution in [0.1, 0.15) is 32.0 Å². The Bertz CT molecular complexity index is 644. The van der Waals surface area contributed by atoms with E-state index in [-0.39, 0.29) is 12.9 Å². The highest BCUT2D eigenvalue weighted by molar-refractivity contribution is 5.99. The number of carbonyl (C=O) groups excluding carboxylic acids is 2. The summed E-state index contributed by atoms with van der Waals surface area (Å²) in [5.41, 5.74) is -0.802. The summed E-state index contributed by atoms with van der Waals surface area (Å²) in [6, 6.07) is 8.42. The summed E-state index contributed by atoms with van der Waals surface area (Å²) in [6.07, 6.45) is -4.20. The minimum Gasteiger partial charge on any atom is -0.458 e. The lowest BCUT2D eigenvalue weighted by Crippen LogP contribution is -2.14. The molecule has 1 heterocycles. The Labute approximate surface area is 117 Å². The molecule has 0 atom stereocenters. The van der Waals surface area contributed by atoms with Crippen LogP contribution in [0.15, 0.2) is 41.0 Å². The fourth-order valence-electron chi connectivity index (χ4n) is 1.67. The van der Waals surface area contributed by atoms with Crippen LogP contribution in [0, 0.1) is 0 Å². The largest absolute Gasteiger partial charge is 0.458 e. The molecule has 0 spiro atoms. The number of hydrogen-bond acceptors (Lipinski definition) is 4. The van der Waals surface area contributed by atoms with E-state index in [1.54, 1.807) is 30.3 Å². The highest BCUT2D eigenvalue weighted by Gasteiger charge is 2.41. The van der Waals surface area contributed by atoms with Crippen LogP contribution >= 0.6 is 0 Å². The molecule has 0 saturated heterocycles. The van der Waals surface area contributed by atoms with Gasteiger partial charge in [0, 0.05) is 0 Å². The van der Waals surface area contributed by atoms with Gasteiger partial charge in [-0.3, -0.25) is 4.79 Å². The lowest BCUT2D eigenvalue weighted by atomic mass is 10.1. The number of rotatable bonds is 4. The van der Waals surface area contributed by atoms with E-state index in [4.69, 9.17) is 4.74 Å². The van der Waals surface area contributed by atoms with Crippen molar-refractivity contribution >= 4 is 12.3 Å². The van der Waals surface area contributed by atoms with Crippen LogP contribution in [-0.4, -0.2) is 12.3 Å². The minimum atomic E-state index is -4.89. The number of benzene rings is 1. The Morgan fingerprint density at radius 1 is 1.24 bits per heavy atom. The van der Waals surface area contributed by atoms with Crippen molar-refractivity contribution in [3.63, 3.8) is 0 Å². The van der Waals surface area contributed by atoms with Crippen LogP contribution in [0.3, 0.4) is 0 Å². The predicted molar refractivity (Wildman–Crippen MR) is 64.7 cm³/mol. The fraction of sp³-hybridized carbons (Fsp3) is 0.143. The first-order valence-electron chi connectivity index (χ1n) is 5.78. The molecule has 21 heavy (non-hydrogen) atoms. The van der Waals surface area contributed by atoms with E-state index in [1.165, 1.54) is 0 Å². The van der Waals surface area contributed by atoms with Crippen LogP contribution in [0.5, 0.6) is 0 Å². The van der Waals surface area contributed by atoms with Gasteiger partial charge in [0.1, 0.15) is 18.4 Å². The SMILES string of the molecule is O=Cc1coc(C(F)(F)F)c1C(=O)OCc1ccccc1. The average Bonchev–Trinajstić information content (AvgIpc) is 2.90. The molecule has 0 aliphatic carbocycles. The van der Waals surface area contributed by atoms with E-state index in [2.05, 4.69) is 4.42 Å². The highest BCUT2D eigenvalue weighted by Crippen LogP contribution is 2.34. The summed E-state index contributed by atoms with van der Waals surface area (Å²) in [7, 11) is 0. The van der Waals surface area contributed by atoms with Crippen molar-refractivity contribution in [3.05, 3.63) is 59.0 Å². The van der Waals surface area contributed by atoms with Gasteiger partial charge in [-0.25, -0.2) is 4.79 Å². The van der Waals surface area contributed by atoms with E-state index in [0.717, 1.165) is 0 Å². The zero-order valence-electron chi connectivity index (χ0n) is 10.5. The normalized spacial score (nSPS) is 11.2. The fourth-order valence-corrected chi connectivity index (χ4v) is 1.67. The van der Waals surface area contributed by atoms with E-state index in [9.17, 15) is 22.8 Å². The van der Waals surface area contributed by atoms with Crippen LogP contribution in [0.2, 0.25) is 0 Å². The summed E-state index contributed by atoms with van der Waals surface area (Å²) < 4.78 is 47.2. The second-order valence-corrected chi connectivity index (χ2v) is 4.07. The number of halogens is 3. The van der Waals surface area contributed by atoms with Gasteiger partial charge >= 0.3 is 12.1 Å². The minimum absolute atomic E-state index is 0.109. The second-order valence-electron chi connectivity index (χ2n) is 4.07. The molecule has 0 fully saturated rings. The number of esters is 1. The topological polar surface area (TPSA) is 56.5 Å². The Balaban J connectivity index is 2.22. The molecule has 0 amide bonds. The monoisotopic (exact) mass is 298 g/mol. The van der Waals surface area contributed by atoms with Crippen molar-refractivity contribution in [3.8, 4) is 0 Å². The second kappa shape index (κ2) is 5.82. The molecule has 2 rings (SSSR count). The molecular weight excluding hydrogens is 289 g/mol. The summed E-state index contributed by atoms with van der Waals surface area (Å²) in [5.74, 6) is -2.80. The van der Waals surface area contributed by atoms with Crippen LogP contribution in [-0.2, 0) is 17.5 Å². The van der Waals surface area contributed by atoms with Gasteiger partial charge in [0.05, 0.1) is 5.56 Å². The number of furan rings is 1. The molecule has 4 nitrogen and oxygen atoms in total. The zero-order chi connectivity index (χ0) is 15.5. The standard InChI is InChI=1S/C14H9F3O4/c15-14(16,17)12-11(10(6-18)8-20-12)13(19)21-7-9-4-2-1-3-5-9/h1-6,8H,7H2. The first kappa shape index (κ1) is 14.8. The zero-order valence-corrected chi connectivity index (χ0v) is 10.5. The van der Waals surface area contributed by atoms with Gasteiger partial charge in [-0.05, 0) is 5.56 Å². The van der Waals surface area contributed by atoms with E-state index in [1.807, 2.05) is 0 Å². The van der Waals surface area contributed by atoms with Gasteiger partial charge in [-0.15, -0.1) is 0 Å². The van der Waals surface area contributed by atoms with Gasteiger partial charge in [0.25, 0.3) is 0 Å². The lowest BCUT2D eigenvalue weighted by Gasteiger charge is -2.07. The number of hydrogen-bond donors (Lipinski definition) is 0. The third-order valence-corrected chi connectivity index (χ3v) is 2.62. The molecule has 0 radical (unpaired) electrons. The molecule has 0 unspecified atom stereocenters. The summed E-state index contributed by atoms with van der Waals surface area (Å²) in [5, 5.41) is 0. The number of alkyl halides is 3. The number of ether oxygens (including phenoxy) is 1. The highest BCUT2D eigenvalue weighted by atomic mass is 19.4. The quantitative estimate of drug-likeness (QED) is 0.640. The third-order valence-electron chi connectivity index (χ3n) is 2.62. The van der Waals surface area contributed by atoms with Crippen molar-refractivity contribution in [1.29, 1.82) is 0 Å². The van der Waals surface area contributed by atoms with Crippen molar-refractivity contribution in [2.75, 3.05) is 0 Å². The summed E-state index contributed by atoms with van der Waals surface area (Å²) in [4.78, 5) is 22.5. The van der Waals surface area contributed by atoms with Crippen molar-refractivity contribution < 1.29 is 31.9 Å². The molecule has 0 N–H and O–H groups in total. The Kier molecular flexibility index (Phi) is 4.11. The smallest absolute Gasteiger partial charge is 0.450 e. The van der Waals surface area contributed by atoms with Gasteiger partial charge < -0.3 is 9.15 Å². The average molecular weight is 298 g/mol. The van der Waals surface area contributed by atoms with Crippen molar-refractivity contribution in [2.24, 2.45) is 0 Å². The number of aldehydes is 1. The molecule has 0 aliphatic heterocycles. The molecule has 2 aromatic rings. The Hall–Kier alpha value is -2.57. The maximum absolute atomic E-state index is 12.7. The first-order chi connectivity index (χ1) is 9.93. The van der Waals surface area contributed by atoms with E-state index >= 15 is 0 Å². The molecule has 0 bridgehead atoms. The van der Waals surface area contributed by atoms with E-state index < -0.39 is 29.0 Å². The van der Waals surface area contributed by atoms with Crippen LogP contribution in [0.4, 0.5) is 13.2 Å². The van der Waals surface area contributed by atoms with Gasteiger partial charge in [0.2, 0.25) is 5.76 Å². The summed E-state index contributed by atoms with van der Waals surface area (Å²) in [6.45, 7) is -0.208. The molecule has 1 aromatic heterocycles. The Morgan fingerprint density at radius 3 is 2.48 bits per heavy atom. The van der Waals surface area contributed by atoms with Gasteiger partial charge in [-0.2, -0.15) is 13.2 Å². The maximum atomic E-state index is 12.7. The Morgan fingerprint density at radius 2 is 1.90 bits per heavy atom. The number of carbonyl (C=O) groups is 2. The predicted octanol–water partition coefficient (Wildman–Crippen LogP) is 3.47. The van der Waals surface area contributed by atoms with Crippen molar-refractivity contribution in [1.82, 2.24) is 0 Å². The van der Waals surface area contributed by atoms with Gasteiger partial charge in [0.15, 0.2) is 6.29 Å². The molecular formula is C14H9F3O4. The first-order valence-corrected chi connectivity index (χ1v) is 5.78. The lowest BCUT2D eigenvalue weighted by molar-refractivity contribution is -0.153. The molecule has 0 aliphatic rings. The van der Waals surface area contributed by atoms with Crippen molar-refractivity contribution in [2.45, 2.75) is 12.8 Å². The molecule has 1 aromatic carbocycles. The van der Waals surface area contributed by atoms with E-state index in [0.29, 0.717) is 11.8 Å². The molecule has 7 heteroatoms. The maximum Gasteiger partial charge on any atom is 0.450 e. The summed E-state index contributed by atoms with van der Waals surface area (Å²) >= 11 is 0. The molecule has 110 valence electrons. The molecule has 0 saturated carbocycles.